The molecule has 4 aromatic carbocycles. The van der Waals surface area contributed by atoms with E-state index in [0.29, 0.717) is 33.9 Å². The molecule has 1 atom stereocenters. The Balaban J connectivity index is 1.48. The van der Waals surface area contributed by atoms with E-state index in [2.05, 4.69) is 20.8 Å². The average molecular weight is 572 g/mol. The van der Waals surface area contributed by atoms with Crippen LogP contribution in [-0.2, 0) is 12.2 Å². The van der Waals surface area contributed by atoms with Crippen molar-refractivity contribution in [3.05, 3.63) is 136 Å². The lowest BCUT2D eigenvalue weighted by atomic mass is 10.1. The van der Waals surface area contributed by atoms with Crippen molar-refractivity contribution in [1.82, 2.24) is 20.1 Å². The normalized spacial score (nSPS) is 11.7. The summed E-state index contributed by atoms with van der Waals surface area (Å²) in [5.41, 5.74) is 4.63. The largest absolute Gasteiger partial charge is 0.327 e. The Morgan fingerprint density at radius 2 is 1.60 bits per heavy atom. The van der Waals surface area contributed by atoms with E-state index >= 15 is 0 Å². The van der Waals surface area contributed by atoms with Crippen molar-refractivity contribution in [2.45, 2.75) is 30.3 Å². The van der Waals surface area contributed by atoms with E-state index in [-0.39, 0.29) is 11.8 Å². The Morgan fingerprint density at radius 1 is 0.900 bits per heavy atom. The number of halogens is 2. The van der Waals surface area contributed by atoms with Gasteiger partial charge in [0.2, 0.25) is 0 Å². The van der Waals surface area contributed by atoms with Gasteiger partial charge in [-0.1, -0.05) is 83.5 Å². The number of hydrogen-bond acceptors (Lipinski definition) is 4. The second-order valence-electron chi connectivity index (χ2n) is 9.27. The fourth-order valence-corrected chi connectivity index (χ4v) is 5.22. The summed E-state index contributed by atoms with van der Waals surface area (Å²) in [6.45, 7) is 2.03. The highest BCUT2D eigenvalue weighted by Crippen LogP contribution is 2.29. The lowest BCUT2D eigenvalue weighted by molar-refractivity contribution is 0.247. The third kappa shape index (κ3) is 7.08. The quantitative estimate of drug-likeness (QED) is 0.177. The smallest absolute Gasteiger partial charge is 0.319 e. The van der Waals surface area contributed by atoms with E-state index < -0.39 is 6.04 Å². The maximum absolute atomic E-state index is 13.4. The maximum Gasteiger partial charge on any atom is 0.319 e. The monoisotopic (exact) mass is 571 g/mol. The molecule has 0 aliphatic heterocycles. The van der Waals surface area contributed by atoms with Crippen LogP contribution in [0, 0.1) is 12.7 Å². The minimum Gasteiger partial charge on any atom is -0.327 e. The summed E-state index contributed by atoms with van der Waals surface area (Å²) in [5, 5.41) is 16.3. The SMILES string of the molecule is Cc1ccc(-n2c(SCc3ccc(F)cc3)nnc2C(Cc2ccccc2)NC(=O)Nc2ccc(Cl)cc2)cc1. The number of nitrogens with one attached hydrogen (secondary N) is 2. The second-order valence-corrected chi connectivity index (χ2v) is 10.7. The molecule has 2 amide bonds. The molecule has 0 radical (unpaired) electrons. The summed E-state index contributed by atoms with van der Waals surface area (Å²) in [6.07, 6.45) is 0.501. The van der Waals surface area contributed by atoms with Gasteiger partial charge >= 0.3 is 6.03 Å². The minimum absolute atomic E-state index is 0.273. The van der Waals surface area contributed by atoms with Crippen LogP contribution in [0.3, 0.4) is 0 Å². The highest BCUT2D eigenvalue weighted by Gasteiger charge is 2.25. The molecule has 0 bridgehead atoms. The molecule has 0 saturated heterocycles. The van der Waals surface area contributed by atoms with Crippen molar-refractivity contribution in [1.29, 1.82) is 0 Å². The predicted molar refractivity (Wildman–Crippen MR) is 159 cm³/mol. The predicted octanol–water partition coefficient (Wildman–Crippen LogP) is 7.77. The average Bonchev–Trinajstić information content (AvgIpc) is 3.38. The van der Waals surface area contributed by atoms with Crippen LogP contribution in [0.1, 0.15) is 28.6 Å². The minimum atomic E-state index is -0.497. The van der Waals surface area contributed by atoms with Gasteiger partial charge in [0.15, 0.2) is 11.0 Å². The lowest BCUT2D eigenvalue weighted by Crippen LogP contribution is -2.35. The summed E-state index contributed by atoms with van der Waals surface area (Å²) >= 11 is 7.50. The Labute approximate surface area is 241 Å². The molecule has 2 N–H and O–H groups in total. The first-order valence-corrected chi connectivity index (χ1v) is 14.1. The summed E-state index contributed by atoms with van der Waals surface area (Å²) in [5.74, 6) is 0.907. The molecule has 1 unspecified atom stereocenters. The van der Waals surface area contributed by atoms with Crippen molar-refractivity contribution in [3.8, 4) is 5.69 Å². The van der Waals surface area contributed by atoms with Crippen LogP contribution in [0.2, 0.25) is 5.02 Å². The van der Waals surface area contributed by atoms with Crippen molar-refractivity contribution in [2.24, 2.45) is 0 Å². The van der Waals surface area contributed by atoms with E-state index in [1.54, 1.807) is 36.4 Å². The summed E-state index contributed by atoms with van der Waals surface area (Å²) in [7, 11) is 0. The Morgan fingerprint density at radius 3 is 2.30 bits per heavy atom. The maximum atomic E-state index is 13.4. The van der Waals surface area contributed by atoms with Crippen LogP contribution in [-0.4, -0.2) is 20.8 Å². The fraction of sp³-hybridized carbons (Fsp3) is 0.129. The number of hydrogen-bond donors (Lipinski definition) is 2. The number of anilines is 1. The zero-order valence-corrected chi connectivity index (χ0v) is 23.3. The molecule has 202 valence electrons. The van der Waals surface area contributed by atoms with E-state index in [1.807, 2.05) is 66.1 Å². The number of aryl methyl sites for hydroxylation is 1. The molecule has 1 heterocycles. The first-order chi connectivity index (χ1) is 19.4. The lowest BCUT2D eigenvalue weighted by Gasteiger charge is -2.21. The van der Waals surface area contributed by atoms with Gasteiger partial charge in [-0.2, -0.15) is 0 Å². The van der Waals surface area contributed by atoms with Crippen LogP contribution in [0.5, 0.6) is 0 Å². The number of nitrogens with zero attached hydrogens (tertiary/aromatic N) is 3. The van der Waals surface area contributed by atoms with Crippen LogP contribution in [0.25, 0.3) is 5.69 Å². The van der Waals surface area contributed by atoms with Gasteiger partial charge in [-0.3, -0.25) is 4.57 Å². The summed E-state index contributed by atoms with van der Waals surface area (Å²) < 4.78 is 15.4. The molecule has 1 aromatic heterocycles. The molecular formula is C31H27ClFN5OS. The van der Waals surface area contributed by atoms with Gasteiger partial charge in [-0.05, 0) is 66.6 Å². The van der Waals surface area contributed by atoms with Crippen molar-refractivity contribution < 1.29 is 9.18 Å². The topological polar surface area (TPSA) is 71.8 Å². The van der Waals surface area contributed by atoms with Gasteiger partial charge in [-0.15, -0.1) is 10.2 Å². The molecular weight excluding hydrogens is 545 g/mol. The van der Waals surface area contributed by atoms with Crippen molar-refractivity contribution in [3.63, 3.8) is 0 Å². The van der Waals surface area contributed by atoms with Crippen LogP contribution in [0.15, 0.2) is 108 Å². The van der Waals surface area contributed by atoms with Gasteiger partial charge in [-0.25, -0.2) is 9.18 Å². The number of urea groups is 1. The van der Waals surface area contributed by atoms with Gasteiger partial charge in [0, 0.05) is 28.6 Å². The van der Waals surface area contributed by atoms with Gasteiger partial charge < -0.3 is 10.6 Å². The number of rotatable bonds is 9. The highest BCUT2D eigenvalue weighted by atomic mass is 35.5. The molecule has 0 aliphatic carbocycles. The number of carbonyl (C=O) groups excluding carboxylic acids is 1. The fourth-order valence-electron chi connectivity index (χ4n) is 4.18. The third-order valence-corrected chi connectivity index (χ3v) is 7.49. The van der Waals surface area contributed by atoms with Gasteiger partial charge in [0.1, 0.15) is 5.82 Å². The molecule has 5 aromatic rings. The molecule has 9 heteroatoms. The van der Waals surface area contributed by atoms with Crippen LogP contribution < -0.4 is 10.6 Å². The number of carbonyl (C=O) groups is 1. The standard InChI is InChI=1S/C31H27ClFN5OS/c1-21-7-17-27(18-8-21)38-29(36-37-31(38)40-20-23-9-13-25(33)14-10-23)28(19-22-5-3-2-4-6-22)35-30(39)34-26-15-11-24(32)12-16-26/h2-18,28H,19-20H2,1H3,(H2,34,35,39). The summed E-state index contributed by atoms with van der Waals surface area (Å²) in [6, 6.07) is 30.5. The van der Waals surface area contributed by atoms with E-state index in [1.165, 1.54) is 23.9 Å². The number of thioether (sulfide) groups is 1. The first kappa shape index (κ1) is 27.4. The third-order valence-electron chi connectivity index (χ3n) is 6.23. The molecule has 40 heavy (non-hydrogen) atoms. The molecule has 6 nitrogen and oxygen atoms in total. The molecule has 0 spiro atoms. The highest BCUT2D eigenvalue weighted by molar-refractivity contribution is 7.98. The Bertz CT molecular complexity index is 1560. The zero-order chi connectivity index (χ0) is 27.9. The molecule has 0 fully saturated rings. The van der Waals surface area contributed by atoms with Gasteiger partial charge in [0.05, 0.1) is 6.04 Å². The zero-order valence-electron chi connectivity index (χ0n) is 21.7. The number of amides is 2. The Hall–Kier alpha value is -4.14. The van der Waals surface area contributed by atoms with Crippen LogP contribution in [0.4, 0.5) is 14.9 Å². The Kier molecular flexibility index (Phi) is 8.78. The van der Waals surface area contributed by atoms with E-state index in [9.17, 15) is 9.18 Å². The summed E-state index contributed by atoms with van der Waals surface area (Å²) in [4.78, 5) is 13.2. The van der Waals surface area contributed by atoms with Gasteiger partial charge in [0.25, 0.3) is 0 Å². The van der Waals surface area contributed by atoms with Crippen molar-refractivity contribution in [2.75, 3.05) is 5.32 Å². The van der Waals surface area contributed by atoms with Crippen LogP contribution >= 0.6 is 23.4 Å². The van der Waals surface area contributed by atoms with E-state index in [4.69, 9.17) is 11.6 Å². The number of benzene rings is 4. The number of aromatic nitrogens is 3. The molecule has 0 saturated carbocycles. The second kappa shape index (κ2) is 12.8. The van der Waals surface area contributed by atoms with E-state index in [0.717, 1.165) is 22.4 Å². The molecule has 5 rings (SSSR count). The van der Waals surface area contributed by atoms with Crippen molar-refractivity contribution >= 4 is 35.1 Å². The molecule has 0 aliphatic rings. The first-order valence-electron chi connectivity index (χ1n) is 12.7.